The Morgan fingerprint density at radius 1 is 0.556 bits per heavy atom. The third-order valence-corrected chi connectivity index (χ3v) is 3.37. The molecule has 6 nitrogen and oxygen atoms in total. The van der Waals surface area contributed by atoms with Crippen LogP contribution in [0, 0.1) is 12.3 Å². The molecule has 0 spiro atoms. The van der Waals surface area contributed by atoms with Crippen molar-refractivity contribution in [2.24, 2.45) is 5.41 Å². The van der Waals surface area contributed by atoms with Crippen molar-refractivity contribution in [1.82, 2.24) is 30.1 Å². The van der Waals surface area contributed by atoms with Gasteiger partial charge in [0.15, 0.2) is 0 Å². The van der Waals surface area contributed by atoms with Crippen molar-refractivity contribution in [1.29, 1.82) is 0 Å². The highest BCUT2D eigenvalue weighted by atomic mass is 15.1. The molecule has 0 unspecified atom stereocenters. The van der Waals surface area contributed by atoms with Gasteiger partial charge in [0.2, 0.25) is 0 Å². The molecule has 6 heteroatoms. The van der Waals surface area contributed by atoms with Crippen LogP contribution >= 0.6 is 0 Å². The number of hydrogen-bond donors (Lipinski definition) is 0. The first-order valence-electron chi connectivity index (χ1n) is 12.9. The topological polar surface area (TPSA) is 77.3 Å². The fourth-order valence-corrected chi connectivity index (χ4v) is 1.76. The van der Waals surface area contributed by atoms with E-state index in [1.54, 1.807) is 43.2 Å². The van der Waals surface area contributed by atoms with Crippen LogP contribution in [0.2, 0.25) is 0 Å². The van der Waals surface area contributed by atoms with E-state index in [4.69, 9.17) is 0 Å². The molecule has 0 atom stereocenters. The molecular weight excluding hydrogens is 444 g/mol. The average molecular weight is 499 g/mol. The Morgan fingerprint density at radius 3 is 1.25 bits per heavy atom. The number of aromatic nitrogens is 6. The Bertz CT molecular complexity index is 776. The van der Waals surface area contributed by atoms with Gasteiger partial charge in [0.05, 0.1) is 11.4 Å². The summed E-state index contributed by atoms with van der Waals surface area (Å²) in [5, 5.41) is 7.80. The second-order valence-electron chi connectivity index (χ2n) is 11.0. The highest BCUT2D eigenvalue weighted by Crippen LogP contribution is 2.18. The molecule has 3 aromatic heterocycles. The summed E-state index contributed by atoms with van der Waals surface area (Å²) in [6.45, 7) is 31.3. The first-order chi connectivity index (χ1) is 16.6. The summed E-state index contributed by atoms with van der Waals surface area (Å²) in [4.78, 5) is 15.9. The molecule has 0 amide bonds. The van der Waals surface area contributed by atoms with Crippen LogP contribution in [0.5, 0.6) is 0 Å². The predicted molar refractivity (Wildman–Crippen MR) is 156 cm³/mol. The Morgan fingerprint density at radius 2 is 1.03 bits per heavy atom. The third-order valence-electron chi connectivity index (χ3n) is 3.37. The Kier molecular flexibility index (Phi) is 21.4. The van der Waals surface area contributed by atoms with Gasteiger partial charge in [0.1, 0.15) is 5.82 Å². The average Bonchev–Trinajstić information content (AvgIpc) is 2.82. The maximum atomic E-state index is 4.19. The normalized spacial score (nSPS) is 10.1. The van der Waals surface area contributed by atoms with Crippen LogP contribution in [0.1, 0.15) is 114 Å². The van der Waals surface area contributed by atoms with Gasteiger partial charge >= 0.3 is 0 Å². The minimum absolute atomic E-state index is 0.119. The van der Waals surface area contributed by atoms with Crippen molar-refractivity contribution in [2.75, 3.05) is 0 Å². The zero-order valence-corrected chi connectivity index (χ0v) is 25.9. The molecule has 0 aromatic carbocycles. The smallest absolute Gasteiger partial charge is 0.125 e. The summed E-state index contributed by atoms with van der Waals surface area (Å²) >= 11 is 0. The van der Waals surface area contributed by atoms with Crippen molar-refractivity contribution in [3.63, 3.8) is 0 Å². The van der Waals surface area contributed by atoms with E-state index in [-0.39, 0.29) is 10.8 Å². The number of hydrogen-bond acceptors (Lipinski definition) is 6. The number of rotatable bonds is 0. The van der Waals surface area contributed by atoms with Crippen LogP contribution in [0.4, 0.5) is 0 Å². The van der Waals surface area contributed by atoms with E-state index in [9.17, 15) is 0 Å². The molecule has 0 saturated heterocycles. The van der Waals surface area contributed by atoms with Gasteiger partial charge in [-0.05, 0) is 30.5 Å². The minimum Gasteiger partial charge on any atom is -0.261 e. The van der Waals surface area contributed by atoms with Gasteiger partial charge in [-0.25, -0.2) is 9.97 Å². The lowest BCUT2D eigenvalue weighted by Crippen LogP contribution is -2.13. The fourth-order valence-electron chi connectivity index (χ4n) is 1.76. The molecule has 204 valence electrons. The minimum atomic E-state index is 0.119. The van der Waals surface area contributed by atoms with E-state index in [0.29, 0.717) is 5.41 Å². The maximum absolute atomic E-state index is 4.19. The molecule has 36 heavy (non-hydrogen) atoms. The largest absolute Gasteiger partial charge is 0.261 e. The predicted octanol–water partition coefficient (Wildman–Crippen LogP) is 8.44. The summed E-state index contributed by atoms with van der Waals surface area (Å²) < 4.78 is 0. The second-order valence-corrected chi connectivity index (χ2v) is 11.0. The zero-order chi connectivity index (χ0) is 28.8. The number of nitrogens with zero attached hydrogens (tertiary/aromatic N) is 6. The highest BCUT2D eigenvalue weighted by Gasteiger charge is 2.14. The van der Waals surface area contributed by atoms with E-state index in [2.05, 4.69) is 99.4 Å². The molecule has 0 bridgehead atoms. The van der Waals surface area contributed by atoms with E-state index in [1.165, 1.54) is 0 Å². The molecular formula is C30H54N6. The standard InChI is InChI=1S/2C8H12N2.C5H6N2.C5H12.2C2H6/c1-8(2,3)7-6-9-4-5-10-7;1-8(2,3)7-5-4-6-9-10-7;1-5-6-3-2-4-7-5;1-5(2,3)4;2*1-2/h2*4-6H,1-3H3;2-4H,1H3;1-4H3;2*1-2H3. The fraction of sp³-hybridized carbons (Fsp3) is 0.600. The third kappa shape index (κ3) is 25.9. The molecule has 0 aliphatic heterocycles. The molecule has 0 aliphatic carbocycles. The van der Waals surface area contributed by atoms with Gasteiger partial charge in [0, 0.05) is 48.0 Å². The summed E-state index contributed by atoms with van der Waals surface area (Å²) in [6.07, 6.45) is 10.4. The van der Waals surface area contributed by atoms with Crippen LogP contribution in [0.25, 0.3) is 0 Å². The quantitative estimate of drug-likeness (QED) is 0.309. The first-order valence-corrected chi connectivity index (χ1v) is 12.9. The van der Waals surface area contributed by atoms with Crippen molar-refractivity contribution < 1.29 is 0 Å². The van der Waals surface area contributed by atoms with Gasteiger partial charge in [-0.1, -0.05) is 96.9 Å². The van der Waals surface area contributed by atoms with Gasteiger partial charge in [-0.3, -0.25) is 9.97 Å². The summed E-state index contributed by atoms with van der Waals surface area (Å²) in [5.41, 5.74) is 2.81. The van der Waals surface area contributed by atoms with Gasteiger partial charge in [-0.15, -0.1) is 0 Å². The van der Waals surface area contributed by atoms with Crippen LogP contribution in [-0.4, -0.2) is 30.1 Å². The molecule has 0 fully saturated rings. The van der Waals surface area contributed by atoms with Gasteiger partial charge in [0.25, 0.3) is 0 Å². The number of aryl methyl sites for hydroxylation is 1. The molecule has 0 saturated carbocycles. The first kappa shape index (κ1) is 37.8. The van der Waals surface area contributed by atoms with Crippen molar-refractivity contribution in [3.8, 4) is 0 Å². The molecule has 3 aromatic rings. The van der Waals surface area contributed by atoms with Crippen LogP contribution in [-0.2, 0) is 10.8 Å². The lowest BCUT2D eigenvalue weighted by Gasteiger charge is -2.15. The second kappa shape index (κ2) is 20.4. The molecule has 3 rings (SSSR count). The lowest BCUT2D eigenvalue weighted by atomic mass is 9.92. The van der Waals surface area contributed by atoms with E-state index in [1.807, 2.05) is 46.8 Å². The van der Waals surface area contributed by atoms with Gasteiger partial charge in [-0.2, -0.15) is 10.2 Å². The highest BCUT2D eigenvalue weighted by molar-refractivity contribution is 5.09. The zero-order valence-electron chi connectivity index (χ0n) is 25.9. The van der Waals surface area contributed by atoms with Gasteiger partial charge < -0.3 is 0 Å². The Balaban J connectivity index is -0.000000395. The SMILES string of the molecule is CC.CC.CC(C)(C)C.CC(C)(C)c1cccnn1.CC(C)(C)c1cnccn1.Cc1ncccn1. The Hall–Kier alpha value is -2.76. The molecule has 0 N–H and O–H groups in total. The van der Waals surface area contributed by atoms with Crippen molar-refractivity contribution in [2.45, 2.75) is 115 Å². The van der Waals surface area contributed by atoms with E-state index >= 15 is 0 Å². The molecule has 0 radical (unpaired) electrons. The lowest BCUT2D eigenvalue weighted by molar-refractivity contribution is 0.469. The Labute approximate surface area is 222 Å². The summed E-state index contributed by atoms with van der Waals surface area (Å²) in [6, 6.07) is 5.70. The van der Waals surface area contributed by atoms with Crippen molar-refractivity contribution in [3.05, 3.63) is 72.6 Å². The molecule has 0 aliphatic rings. The van der Waals surface area contributed by atoms with Crippen LogP contribution < -0.4 is 0 Å². The molecule has 3 heterocycles. The summed E-state index contributed by atoms with van der Waals surface area (Å²) in [7, 11) is 0. The van der Waals surface area contributed by atoms with E-state index < -0.39 is 0 Å². The maximum Gasteiger partial charge on any atom is 0.125 e. The van der Waals surface area contributed by atoms with Crippen molar-refractivity contribution >= 4 is 0 Å². The van der Waals surface area contributed by atoms with Crippen LogP contribution in [0.15, 0.2) is 55.4 Å². The van der Waals surface area contributed by atoms with E-state index in [0.717, 1.165) is 17.2 Å². The monoisotopic (exact) mass is 498 g/mol. The summed E-state index contributed by atoms with van der Waals surface area (Å²) in [5.74, 6) is 0.822. The van der Waals surface area contributed by atoms with Crippen LogP contribution in [0.3, 0.4) is 0 Å².